The summed E-state index contributed by atoms with van der Waals surface area (Å²) in [6.07, 6.45) is 1.13. The van der Waals surface area contributed by atoms with Crippen LogP contribution >= 0.6 is 0 Å². The summed E-state index contributed by atoms with van der Waals surface area (Å²) in [5.41, 5.74) is 0.684. The monoisotopic (exact) mass is 222 g/mol. The van der Waals surface area contributed by atoms with Crippen LogP contribution in [0.15, 0.2) is 28.7 Å². The Morgan fingerprint density at radius 1 is 1.19 bits per heavy atom. The Morgan fingerprint density at radius 2 is 1.94 bits per heavy atom. The van der Waals surface area contributed by atoms with E-state index in [9.17, 15) is 4.39 Å². The van der Waals surface area contributed by atoms with Crippen molar-refractivity contribution in [1.29, 1.82) is 0 Å². The molecule has 2 rings (SSSR count). The summed E-state index contributed by atoms with van der Waals surface area (Å²) < 4.78 is 18.0. The normalized spacial score (nSPS) is 10.6. The van der Waals surface area contributed by atoms with E-state index in [-0.39, 0.29) is 12.4 Å². The number of aliphatic hydroxyl groups excluding tert-OH is 1. The van der Waals surface area contributed by atoms with Crippen molar-refractivity contribution in [3.8, 4) is 11.5 Å². The summed E-state index contributed by atoms with van der Waals surface area (Å²) in [5, 5.41) is 16.3. The fourth-order valence-corrected chi connectivity index (χ4v) is 1.29. The van der Waals surface area contributed by atoms with Crippen LogP contribution in [0.1, 0.15) is 12.3 Å². The molecule has 1 aromatic carbocycles. The van der Waals surface area contributed by atoms with Crippen molar-refractivity contribution in [2.45, 2.75) is 12.8 Å². The van der Waals surface area contributed by atoms with Gasteiger partial charge >= 0.3 is 0 Å². The average Bonchev–Trinajstić information content (AvgIpc) is 2.76. The number of benzene rings is 1. The molecule has 84 valence electrons. The summed E-state index contributed by atoms with van der Waals surface area (Å²) in [4.78, 5) is 0. The summed E-state index contributed by atoms with van der Waals surface area (Å²) in [6.45, 7) is 0.0915. The summed E-state index contributed by atoms with van der Waals surface area (Å²) >= 11 is 0. The first kappa shape index (κ1) is 10.8. The molecule has 0 aliphatic carbocycles. The van der Waals surface area contributed by atoms with Crippen LogP contribution in [0, 0.1) is 5.82 Å². The molecular weight excluding hydrogens is 211 g/mol. The Balaban J connectivity index is 2.15. The molecule has 5 heteroatoms. The Labute approximate surface area is 91.7 Å². The lowest BCUT2D eigenvalue weighted by Crippen LogP contribution is -1.88. The van der Waals surface area contributed by atoms with E-state index in [0.717, 1.165) is 0 Å². The van der Waals surface area contributed by atoms with E-state index in [2.05, 4.69) is 10.2 Å². The molecule has 2 aromatic rings. The number of aromatic nitrogens is 2. The van der Waals surface area contributed by atoms with Gasteiger partial charge in [0, 0.05) is 18.6 Å². The molecule has 0 saturated heterocycles. The zero-order valence-corrected chi connectivity index (χ0v) is 8.56. The standard InChI is InChI=1S/C11H11FN2O2/c12-9-5-3-8(4-6-9)11-14-13-10(16-11)2-1-7-15/h3-6,15H,1-2,7H2. The van der Waals surface area contributed by atoms with Crippen molar-refractivity contribution in [1.82, 2.24) is 10.2 Å². The maximum Gasteiger partial charge on any atom is 0.247 e. The smallest absolute Gasteiger partial charge is 0.247 e. The first-order valence-corrected chi connectivity index (χ1v) is 4.99. The lowest BCUT2D eigenvalue weighted by Gasteiger charge is -1.93. The first-order valence-electron chi connectivity index (χ1n) is 4.99. The molecule has 0 unspecified atom stereocenters. The van der Waals surface area contributed by atoms with Gasteiger partial charge in [0.2, 0.25) is 11.8 Å². The summed E-state index contributed by atoms with van der Waals surface area (Å²) in [7, 11) is 0. The maximum absolute atomic E-state index is 12.7. The summed E-state index contributed by atoms with van der Waals surface area (Å²) in [5.74, 6) is 0.546. The highest BCUT2D eigenvalue weighted by Gasteiger charge is 2.07. The molecule has 4 nitrogen and oxygen atoms in total. The number of aryl methyl sites for hydroxylation is 1. The van der Waals surface area contributed by atoms with Gasteiger partial charge in [-0.05, 0) is 30.7 Å². The van der Waals surface area contributed by atoms with Crippen molar-refractivity contribution in [3.05, 3.63) is 36.0 Å². The van der Waals surface area contributed by atoms with Crippen molar-refractivity contribution in [2.24, 2.45) is 0 Å². The molecule has 0 spiro atoms. The van der Waals surface area contributed by atoms with Crippen LogP contribution in [0.4, 0.5) is 4.39 Å². The van der Waals surface area contributed by atoms with E-state index < -0.39 is 0 Å². The van der Waals surface area contributed by atoms with Gasteiger partial charge in [0.1, 0.15) is 5.82 Å². The van der Waals surface area contributed by atoms with Crippen LogP contribution in [0.3, 0.4) is 0 Å². The van der Waals surface area contributed by atoms with Gasteiger partial charge in [-0.3, -0.25) is 0 Å². The molecule has 0 fully saturated rings. The molecule has 16 heavy (non-hydrogen) atoms. The molecule has 1 N–H and O–H groups in total. The quantitative estimate of drug-likeness (QED) is 0.856. The number of nitrogens with zero attached hydrogens (tertiary/aromatic N) is 2. The number of hydrogen-bond acceptors (Lipinski definition) is 4. The minimum Gasteiger partial charge on any atom is -0.421 e. The molecule has 1 heterocycles. The Hall–Kier alpha value is -1.75. The molecule has 1 aromatic heterocycles. The SMILES string of the molecule is OCCCc1nnc(-c2ccc(F)cc2)o1. The molecule has 0 saturated carbocycles. The molecule has 0 amide bonds. The molecule has 0 aliphatic heterocycles. The Kier molecular flexibility index (Phi) is 3.26. The van der Waals surface area contributed by atoms with E-state index in [1.165, 1.54) is 12.1 Å². The predicted octanol–water partition coefficient (Wildman–Crippen LogP) is 1.80. The van der Waals surface area contributed by atoms with E-state index in [1.54, 1.807) is 12.1 Å². The average molecular weight is 222 g/mol. The Morgan fingerprint density at radius 3 is 2.62 bits per heavy atom. The number of rotatable bonds is 4. The van der Waals surface area contributed by atoms with Crippen LogP contribution in [0.5, 0.6) is 0 Å². The molecule has 0 aliphatic rings. The third kappa shape index (κ3) is 2.43. The fourth-order valence-electron chi connectivity index (χ4n) is 1.29. The van der Waals surface area contributed by atoms with Gasteiger partial charge in [0.25, 0.3) is 0 Å². The van der Waals surface area contributed by atoms with Gasteiger partial charge in [0.05, 0.1) is 0 Å². The zero-order valence-electron chi connectivity index (χ0n) is 8.56. The van der Waals surface area contributed by atoms with Crippen LogP contribution in [0.2, 0.25) is 0 Å². The van der Waals surface area contributed by atoms with Gasteiger partial charge in [-0.2, -0.15) is 0 Å². The molecular formula is C11H11FN2O2. The van der Waals surface area contributed by atoms with Crippen molar-refractivity contribution >= 4 is 0 Å². The van der Waals surface area contributed by atoms with Gasteiger partial charge in [0.15, 0.2) is 0 Å². The van der Waals surface area contributed by atoms with Crippen LogP contribution in [-0.4, -0.2) is 21.9 Å². The minimum atomic E-state index is -0.302. The van der Waals surface area contributed by atoms with Crippen molar-refractivity contribution in [2.75, 3.05) is 6.61 Å². The summed E-state index contributed by atoms with van der Waals surface area (Å²) in [6, 6.07) is 5.84. The predicted molar refractivity (Wildman–Crippen MR) is 55.1 cm³/mol. The van der Waals surface area contributed by atoms with Crippen LogP contribution < -0.4 is 0 Å². The van der Waals surface area contributed by atoms with Gasteiger partial charge < -0.3 is 9.52 Å². The highest BCUT2D eigenvalue weighted by Crippen LogP contribution is 2.18. The zero-order chi connectivity index (χ0) is 11.4. The van der Waals surface area contributed by atoms with E-state index in [1.807, 2.05) is 0 Å². The maximum atomic E-state index is 12.7. The fraction of sp³-hybridized carbons (Fsp3) is 0.273. The highest BCUT2D eigenvalue weighted by molar-refractivity contribution is 5.51. The third-order valence-electron chi connectivity index (χ3n) is 2.11. The van der Waals surface area contributed by atoms with E-state index in [0.29, 0.717) is 30.2 Å². The second-order valence-corrected chi connectivity index (χ2v) is 3.34. The number of hydrogen-bond donors (Lipinski definition) is 1. The largest absolute Gasteiger partial charge is 0.421 e. The van der Waals surface area contributed by atoms with Crippen molar-refractivity contribution < 1.29 is 13.9 Å². The van der Waals surface area contributed by atoms with E-state index >= 15 is 0 Å². The molecule has 0 radical (unpaired) electrons. The molecule has 0 atom stereocenters. The lowest BCUT2D eigenvalue weighted by atomic mass is 10.2. The minimum absolute atomic E-state index is 0.0915. The third-order valence-corrected chi connectivity index (χ3v) is 2.11. The molecule has 0 bridgehead atoms. The van der Waals surface area contributed by atoms with Crippen LogP contribution in [0.25, 0.3) is 11.5 Å². The van der Waals surface area contributed by atoms with Gasteiger partial charge in [-0.1, -0.05) is 0 Å². The van der Waals surface area contributed by atoms with E-state index in [4.69, 9.17) is 9.52 Å². The van der Waals surface area contributed by atoms with Crippen LogP contribution in [-0.2, 0) is 6.42 Å². The Bertz CT molecular complexity index is 453. The van der Waals surface area contributed by atoms with Crippen molar-refractivity contribution in [3.63, 3.8) is 0 Å². The topological polar surface area (TPSA) is 59.2 Å². The van der Waals surface area contributed by atoms with Gasteiger partial charge in [-0.15, -0.1) is 10.2 Å². The second-order valence-electron chi connectivity index (χ2n) is 3.34. The first-order chi connectivity index (χ1) is 7.79. The highest BCUT2D eigenvalue weighted by atomic mass is 19.1. The van der Waals surface area contributed by atoms with Gasteiger partial charge in [-0.25, -0.2) is 4.39 Å². The second kappa shape index (κ2) is 4.85. The number of aliphatic hydroxyl groups is 1. The lowest BCUT2D eigenvalue weighted by molar-refractivity contribution is 0.283. The number of halogens is 1.